The third kappa shape index (κ3) is 2.92. The summed E-state index contributed by atoms with van der Waals surface area (Å²) in [5, 5.41) is 5.19. The van der Waals surface area contributed by atoms with Gasteiger partial charge in [-0.3, -0.25) is 0 Å². The maximum absolute atomic E-state index is 6.00. The summed E-state index contributed by atoms with van der Waals surface area (Å²) in [7, 11) is 0. The van der Waals surface area contributed by atoms with Gasteiger partial charge in [-0.25, -0.2) is 15.0 Å². The van der Waals surface area contributed by atoms with Crippen molar-refractivity contribution in [1.82, 2.24) is 15.0 Å². The summed E-state index contributed by atoms with van der Waals surface area (Å²) >= 11 is 6.00. The van der Waals surface area contributed by atoms with E-state index in [1.807, 2.05) is 18.2 Å². The van der Waals surface area contributed by atoms with Crippen LogP contribution >= 0.6 is 11.6 Å². The second kappa shape index (κ2) is 5.66. The first-order chi connectivity index (χ1) is 11.2. The summed E-state index contributed by atoms with van der Waals surface area (Å²) in [5.41, 5.74) is 7.55. The van der Waals surface area contributed by atoms with Gasteiger partial charge in [0.05, 0.1) is 11.4 Å². The average molecular weight is 326 g/mol. The molecule has 0 aliphatic heterocycles. The van der Waals surface area contributed by atoms with Gasteiger partial charge in [0.25, 0.3) is 0 Å². The fourth-order valence-corrected chi connectivity index (χ4v) is 2.92. The number of rotatable bonds is 4. The van der Waals surface area contributed by atoms with E-state index in [1.165, 1.54) is 24.7 Å². The molecule has 0 amide bonds. The number of anilines is 2. The number of hydrogen-bond donors (Lipinski definition) is 2. The number of hydrogen-bond acceptors (Lipinski definition) is 5. The third-order valence-corrected chi connectivity index (χ3v) is 4.39. The van der Waals surface area contributed by atoms with Gasteiger partial charge in [-0.1, -0.05) is 23.7 Å². The summed E-state index contributed by atoms with van der Waals surface area (Å²) in [6.45, 7) is 0. The smallest absolute Gasteiger partial charge is 0.166 e. The monoisotopic (exact) mass is 325 g/mol. The number of nitrogens with two attached hydrogens (primary N) is 1. The van der Waals surface area contributed by atoms with Crippen LogP contribution in [-0.2, 0) is 0 Å². The van der Waals surface area contributed by atoms with Gasteiger partial charge >= 0.3 is 0 Å². The van der Waals surface area contributed by atoms with E-state index in [0.717, 1.165) is 16.2 Å². The molecule has 1 unspecified atom stereocenters. The van der Waals surface area contributed by atoms with Crippen molar-refractivity contribution in [1.29, 1.82) is 0 Å². The first-order valence-corrected chi connectivity index (χ1v) is 7.98. The fourth-order valence-electron chi connectivity index (χ4n) is 2.79. The van der Waals surface area contributed by atoms with Gasteiger partial charge in [0.15, 0.2) is 5.65 Å². The van der Waals surface area contributed by atoms with E-state index in [2.05, 4.69) is 32.4 Å². The van der Waals surface area contributed by atoms with E-state index >= 15 is 0 Å². The SMILES string of the molecule is Nc1ccc2c(NC(c3ccc(Cl)cc3)C3CC3)ncnc2n1. The average Bonchev–Trinajstić information content (AvgIpc) is 3.38. The zero-order valence-electron chi connectivity index (χ0n) is 12.4. The van der Waals surface area contributed by atoms with Crippen molar-refractivity contribution in [2.24, 2.45) is 5.92 Å². The highest BCUT2D eigenvalue weighted by atomic mass is 35.5. The summed E-state index contributed by atoms with van der Waals surface area (Å²) in [6.07, 6.45) is 3.95. The lowest BCUT2D eigenvalue weighted by Crippen LogP contribution is -2.14. The topological polar surface area (TPSA) is 76.7 Å². The highest BCUT2D eigenvalue weighted by Gasteiger charge is 2.32. The van der Waals surface area contributed by atoms with Crippen LogP contribution in [0.3, 0.4) is 0 Å². The molecular formula is C17H16ClN5. The maximum atomic E-state index is 6.00. The summed E-state index contributed by atoms with van der Waals surface area (Å²) in [5.74, 6) is 1.86. The second-order valence-corrected chi connectivity index (χ2v) is 6.28. The van der Waals surface area contributed by atoms with Gasteiger partial charge in [0.1, 0.15) is 18.0 Å². The van der Waals surface area contributed by atoms with Gasteiger partial charge in [-0.05, 0) is 48.6 Å². The second-order valence-electron chi connectivity index (χ2n) is 5.84. The zero-order chi connectivity index (χ0) is 15.8. The minimum absolute atomic E-state index is 0.211. The molecule has 4 rings (SSSR count). The Morgan fingerprint density at radius 2 is 1.87 bits per heavy atom. The first kappa shape index (κ1) is 14.2. The lowest BCUT2D eigenvalue weighted by molar-refractivity contribution is 0.676. The van der Waals surface area contributed by atoms with Gasteiger partial charge in [-0.2, -0.15) is 0 Å². The molecule has 3 N–H and O–H groups in total. The molecule has 2 heterocycles. The van der Waals surface area contributed by atoms with Crippen molar-refractivity contribution in [2.45, 2.75) is 18.9 Å². The van der Waals surface area contributed by atoms with E-state index in [9.17, 15) is 0 Å². The third-order valence-electron chi connectivity index (χ3n) is 4.13. The van der Waals surface area contributed by atoms with Crippen LogP contribution in [-0.4, -0.2) is 15.0 Å². The van der Waals surface area contributed by atoms with Gasteiger partial charge < -0.3 is 11.1 Å². The van der Waals surface area contributed by atoms with Gasteiger partial charge in [0, 0.05) is 5.02 Å². The largest absolute Gasteiger partial charge is 0.384 e. The van der Waals surface area contributed by atoms with Crippen molar-refractivity contribution in [3.05, 3.63) is 53.3 Å². The Morgan fingerprint density at radius 1 is 1.09 bits per heavy atom. The molecule has 116 valence electrons. The van der Waals surface area contributed by atoms with Crippen LogP contribution in [0.15, 0.2) is 42.7 Å². The van der Waals surface area contributed by atoms with Crippen LogP contribution in [0.1, 0.15) is 24.4 Å². The molecule has 2 aromatic heterocycles. The Bertz CT molecular complexity index is 845. The van der Waals surface area contributed by atoms with Crippen LogP contribution in [0.5, 0.6) is 0 Å². The molecule has 1 aliphatic rings. The number of pyridine rings is 1. The molecule has 6 heteroatoms. The number of aromatic nitrogens is 3. The summed E-state index contributed by atoms with van der Waals surface area (Å²) in [4.78, 5) is 12.9. The van der Waals surface area contributed by atoms with Crippen LogP contribution in [0.25, 0.3) is 11.0 Å². The number of halogens is 1. The van der Waals surface area contributed by atoms with E-state index in [0.29, 0.717) is 17.4 Å². The van der Waals surface area contributed by atoms with Gasteiger partial charge in [0.2, 0.25) is 0 Å². The predicted molar refractivity (Wildman–Crippen MR) is 92.3 cm³/mol. The Kier molecular flexibility index (Phi) is 3.50. The Balaban J connectivity index is 1.71. The fraction of sp³-hybridized carbons (Fsp3) is 0.235. The molecule has 0 saturated heterocycles. The van der Waals surface area contributed by atoms with Crippen molar-refractivity contribution in [3.8, 4) is 0 Å². The lowest BCUT2D eigenvalue weighted by atomic mass is 10.0. The standard InChI is InChI=1S/C17H16ClN5/c18-12-5-3-11(4-6-12)15(10-1-2-10)23-17-13-7-8-14(19)22-16(13)20-9-21-17/h3-10,15H,1-2H2,(H3,19,20,21,22,23). The van der Waals surface area contributed by atoms with Crippen molar-refractivity contribution in [2.75, 3.05) is 11.1 Å². The molecule has 1 fully saturated rings. The van der Waals surface area contributed by atoms with Crippen molar-refractivity contribution in [3.63, 3.8) is 0 Å². The van der Waals surface area contributed by atoms with Crippen LogP contribution < -0.4 is 11.1 Å². The molecule has 1 atom stereocenters. The number of nitrogen functional groups attached to an aromatic ring is 1. The number of fused-ring (bicyclic) bond motifs is 1. The quantitative estimate of drug-likeness (QED) is 0.762. The molecule has 1 aromatic carbocycles. The zero-order valence-corrected chi connectivity index (χ0v) is 13.2. The maximum Gasteiger partial charge on any atom is 0.166 e. The predicted octanol–water partition coefficient (Wildman–Crippen LogP) is 3.82. The van der Waals surface area contributed by atoms with E-state index < -0.39 is 0 Å². The minimum Gasteiger partial charge on any atom is -0.384 e. The number of nitrogens with zero attached hydrogens (tertiary/aromatic N) is 3. The Hall–Kier alpha value is -2.40. The molecule has 3 aromatic rings. The molecule has 0 spiro atoms. The lowest BCUT2D eigenvalue weighted by Gasteiger charge is -2.20. The number of nitrogens with one attached hydrogen (secondary N) is 1. The molecular weight excluding hydrogens is 310 g/mol. The molecule has 0 radical (unpaired) electrons. The number of benzene rings is 1. The van der Waals surface area contributed by atoms with Crippen LogP contribution in [0.4, 0.5) is 11.6 Å². The first-order valence-electron chi connectivity index (χ1n) is 7.60. The van der Waals surface area contributed by atoms with Crippen LogP contribution in [0, 0.1) is 5.92 Å². The Morgan fingerprint density at radius 3 is 2.61 bits per heavy atom. The van der Waals surface area contributed by atoms with Crippen molar-refractivity contribution < 1.29 is 0 Å². The molecule has 23 heavy (non-hydrogen) atoms. The highest BCUT2D eigenvalue weighted by molar-refractivity contribution is 6.30. The molecule has 5 nitrogen and oxygen atoms in total. The Labute approximate surface area is 138 Å². The highest BCUT2D eigenvalue weighted by Crippen LogP contribution is 2.43. The van der Waals surface area contributed by atoms with E-state index in [1.54, 1.807) is 6.07 Å². The van der Waals surface area contributed by atoms with Gasteiger partial charge in [-0.15, -0.1) is 0 Å². The molecule has 0 bridgehead atoms. The molecule has 1 aliphatic carbocycles. The van der Waals surface area contributed by atoms with Crippen LogP contribution in [0.2, 0.25) is 5.02 Å². The molecule has 1 saturated carbocycles. The van der Waals surface area contributed by atoms with E-state index in [-0.39, 0.29) is 6.04 Å². The summed E-state index contributed by atoms with van der Waals surface area (Å²) in [6, 6.07) is 11.9. The summed E-state index contributed by atoms with van der Waals surface area (Å²) < 4.78 is 0. The normalized spacial score (nSPS) is 15.5. The van der Waals surface area contributed by atoms with Crippen molar-refractivity contribution >= 4 is 34.3 Å². The minimum atomic E-state index is 0.211. The van der Waals surface area contributed by atoms with E-state index in [4.69, 9.17) is 17.3 Å².